The van der Waals surface area contributed by atoms with Gasteiger partial charge in [0.15, 0.2) is 0 Å². The van der Waals surface area contributed by atoms with Crippen molar-refractivity contribution in [3.05, 3.63) is 0 Å². The molecular formula is C14H29NNa2O6S. The summed E-state index contributed by atoms with van der Waals surface area (Å²) in [5.41, 5.74) is 5.13. The largest absolute Gasteiger partial charge is 1.00 e. The fraction of sp³-hybridized carbons (Fsp3) is 0.929. The van der Waals surface area contributed by atoms with Crippen LogP contribution in [0.15, 0.2) is 0 Å². The fourth-order valence-electron chi connectivity index (χ4n) is 1.83. The molecule has 0 aromatic rings. The average Bonchev–Trinajstić information content (AvgIpc) is 2.42. The maximum absolute atomic E-state index is 10.7. The Morgan fingerprint density at radius 1 is 0.875 bits per heavy atom. The van der Waals surface area contributed by atoms with Crippen molar-refractivity contribution in [3.8, 4) is 0 Å². The number of carbonyl (C=O) groups is 1. The van der Waals surface area contributed by atoms with E-state index in [2.05, 4.69) is 6.92 Å². The molecule has 0 saturated carbocycles. The van der Waals surface area contributed by atoms with Crippen LogP contribution >= 0.6 is 0 Å². The van der Waals surface area contributed by atoms with Gasteiger partial charge in [-0.2, -0.15) is 0 Å². The van der Waals surface area contributed by atoms with Gasteiger partial charge in [0.1, 0.15) is 0 Å². The summed E-state index contributed by atoms with van der Waals surface area (Å²) in [6, 6.07) is 0. The SMILES string of the molecule is CCCCCCCCCCCCOC(=O)CN.O=S(=O)([O-])[O-].[Na+].[Na+]. The Balaban J connectivity index is -0.000000250. The van der Waals surface area contributed by atoms with E-state index in [9.17, 15) is 4.79 Å². The third-order valence-electron chi connectivity index (χ3n) is 2.93. The first-order valence-corrected chi connectivity index (χ1v) is 9.17. The number of hydrogen-bond donors (Lipinski definition) is 1. The Labute approximate surface area is 191 Å². The Hall–Kier alpha value is 1.30. The van der Waals surface area contributed by atoms with Crippen LogP contribution in [-0.2, 0) is 19.9 Å². The van der Waals surface area contributed by atoms with Gasteiger partial charge in [0.2, 0.25) is 0 Å². The number of carbonyl (C=O) groups excluding carboxylic acids is 1. The summed E-state index contributed by atoms with van der Waals surface area (Å²) in [5, 5.41) is 0. The Morgan fingerprint density at radius 3 is 1.54 bits per heavy atom. The molecule has 0 radical (unpaired) electrons. The number of rotatable bonds is 12. The van der Waals surface area contributed by atoms with Crippen LogP contribution < -0.4 is 64.8 Å². The van der Waals surface area contributed by atoms with E-state index in [1.54, 1.807) is 0 Å². The van der Waals surface area contributed by atoms with Crippen molar-refractivity contribution in [2.45, 2.75) is 71.1 Å². The van der Waals surface area contributed by atoms with Crippen molar-refractivity contribution >= 4 is 16.4 Å². The molecule has 0 atom stereocenters. The molecule has 0 heterocycles. The van der Waals surface area contributed by atoms with Crippen LogP contribution in [0, 0.1) is 0 Å². The molecule has 0 aromatic carbocycles. The maximum atomic E-state index is 10.7. The zero-order valence-electron chi connectivity index (χ0n) is 15.4. The van der Waals surface area contributed by atoms with Crippen LogP contribution in [-0.4, -0.2) is 36.6 Å². The summed E-state index contributed by atoms with van der Waals surface area (Å²) >= 11 is 0. The van der Waals surface area contributed by atoms with Gasteiger partial charge < -0.3 is 19.6 Å². The predicted molar refractivity (Wildman–Crippen MR) is 82.3 cm³/mol. The van der Waals surface area contributed by atoms with E-state index >= 15 is 0 Å². The Kier molecular flexibility index (Phi) is 33.3. The van der Waals surface area contributed by atoms with E-state index in [1.807, 2.05) is 0 Å². The Bertz CT molecular complexity index is 347. The molecule has 0 unspecified atom stereocenters. The van der Waals surface area contributed by atoms with Gasteiger partial charge in [-0.15, -0.1) is 0 Å². The van der Waals surface area contributed by atoms with Crippen molar-refractivity contribution in [2.24, 2.45) is 5.73 Å². The molecule has 134 valence electrons. The first kappa shape index (κ1) is 32.9. The minimum atomic E-state index is -5.17. The van der Waals surface area contributed by atoms with Gasteiger partial charge in [-0.1, -0.05) is 64.7 Å². The third-order valence-corrected chi connectivity index (χ3v) is 2.93. The van der Waals surface area contributed by atoms with E-state index in [-0.39, 0.29) is 71.6 Å². The van der Waals surface area contributed by atoms with Gasteiger partial charge >= 0.3 is 65.1 Å². The van der Waals surface area contributed by atoms with Crippen LogP contribution in [0.5, 0.6) is 0 Å². The second kappa shape index (κ2) is 24.3. The molecule has 24 heavy (non-hydrogen) atoms. The zero-order chi connectivity index (χ0) is 17.3. The van der Waals surface area contributed by atoms with E-state index in [0.717, 1.165) is 12.8 Å². The topological polar surface area (TPSA) is 133 Å². The van der Waals surface area contributed by atoms with Gasteiger partial charge in [-0.05, 0) is 6.42 Å². The predicted octanol–water partition coefficient (Wildman–Crippen LogP) is -3.92. The molecule has 0 rings (SSSR count). The molecule has 0 saturated heterocycles. The molecule has 0 fully saturated rings. The van der Waals surface area contributed by atoms with Crippen molar-refractivity contribution in [1.82, 2.24) is 0 Å². The van der Waals surface area contributed by atoms with Crippen LogP contribution in [0.1, 0.15) is 71.1 Å². The van der Waals surface area contributed by atoms with Crippen molar-refractivity contribution in [1.29, 1.82) is 0 Å². The van der Waals surface area contributed by atoms with Crippen molar-refractivity contribution in [2.75, 3.05) is 13.2 Å². The number of hydrogen-bond acceptors (Lipinski definition) is 7. The molecular weight excluding hydrogens is 356 g/mol. The van der Waals surface area contributed by atoms with E-state index in [1.165, 1.54) is 51.4 Å². The molecule has 0 aliphatic carbocycles. The standard InChI is InChI=1S/C14H29NO2.2Na.H2O4S/c1-2-3-4-5-6-7-8-9-10-11-12-17-14(16)13-15;;;1-5(2,3)4/h2-13,15H2,1H3;;;(H2,1,2,3,4)/q;2*+1;/p-2. The summed E-state index contributed by atoms with van der Waals surface area (Å²) in [6.07, 6.45) is 12.9. The van der Waals surface area contributed by atoms with E-state index in [4.69, 9.17) is 28.0 Å². The summed E-state index contributed by atoms with van der Waals surface area (Å²) in [4.78, 5) is 10.7. The van der Waals surface area contributed by atoms with E-state index < -0.39 is 10.4 Å². The number of nitrogens with two attached hydrogens (primary N) is 1. The molecule has 10 heteroatoms. The number of ether oxygens (including phenoxy) is 1. The Morgan fingerprint density at radius 2 is 1.21 bits per heavy atom. The zero-order valence-corrected chi connectivity index (χ0v) is 20.2. The molecule has 0 spiro atoms. The quantitative estimate of drug-likeness (QED) is 0.119. The summed E-state index contributed by atoms with van der Waals surface area (Å²) in [5.74, 6) is -0.291. The van der Waals surface area contributed by atoms with Gasteiger partial charge in [0, 0.05) is 10.4 Å². The van der Waals surface area contributed by atoms with Crippen LogP contribution in [0.4, 0.5) is 0 Å². The summed E-state index contributed by atoms with van der Waals surface area (Å²) in [7, 11) is -5.17. The maximum Gasteiger partial charge on any atom is 1.00 e. The minimum absolute atomic E-state index is 0. The first-order valence-electron chi connectivity index (χ1n) is 7.83. The minimum Gasteiger partial charge on any atom is -0.759 e. The smallest absolute Gasteiger partial charge is 0.759 e. The number of esters is 1. The normalized spacial score (nSPS) is 9.83. The fourth-order valence-corrected chi connectivity index (χ4v) is 1.83. The van der Waals surface area contributed by atoms with Gasteiger partial charge in [-0.25, -0.2) is 0 Å². The first-order chi connectivity index (χ1) is 10.3. The van der Waals surface area contributed by atoms with Crippen LogP contribution in [0.2, 0.25) is 0 Å². The van der Waals surface area contributed by atoms with Crippen molar-refractivity contribution in [3.63, 3.8) is 0 Å². The van der Waals surface area contributed by atoms with Gasteiger partial charge in [0.05, 0.1) is 13.2 Å². The van der Waals surface area contributed by atoms with E-state index in [0.29, 0.717) is 6.61 Å². The number of unbranched alkanes of at least 4 members (excludes halogenated alkanes) is 9. The van der Waals surface area contributed by atoms with Crippen LogP contribution in [0.25, 0.3) is 0 Å². The molecule has 0 aromatic heterocycles. The summed E-state index contributed by atoms with van der Waals surface area (Å²) < 4.78 is 39.0. The average molecular weight is 385 g/mol. The van der Waals surface area contributed by atoms with Gasteiger partial charge in [-0.3, -0.25) is 13.2 Å². The van der Waals surface area contributed by atoms with Crippen LogP contribution in [0.3, 0.4) is 0 Å². The third kappa shape index (κ3) is 43.6. The molecule has 0 amide bonds. The second-order valence-corrected chi connectivity index (χ2v) is 5.83. The molecule has 2 N–H and O–H groups in total. The molecule has 7 nitrogen and oxygen atoms in total. The second-order valence-electron chi connectivity index (χ2n) is 5.01. The van der Waals surface area contributed by atoms with Crippen molar-refractivity contribution < 1.29 is 86.2 Å². The summed E-state index contributed by atoms with van der Waals surface area (Å²) in [6.45, 7) is 2.78. The van der Waals surface area contributed by atoms with Gasteiger partial charge in [0.25, 0.3) is 0 Å². The monoisotopic (exact) mass is 385 g/mol. The molecule has 0 bridgehead atoms. The molecule has 0 aliphatic heterocycles. The molecule has 0 aliphatic rings.